The number of amides is 1. The maximum absolute atomic E-state index is 11.5. The number of aromatic nitrogens is 1. The van der Waals surface area contributed by atoms with Crippen LogP contribution in [0.3, 0.4) is 0 Å². The molecular formula is C13H17N3O3. The summed E-state index contributed by atoms with van der Waals surface area (Å²) in [6.07, 6.45) is 2.16. The smallest absolute Gasteiger partial charge is 0.311 e. The molecule has 0 radical (unpaired) electrons. The van der Waals surface area contributed by atoms with E-state index in [1.165, 1.54) is 0 Å². The maximum atomic E-state index is 11.5. The van der Waals surface area contributed by atoms with Gasteiger partial charge in [-0.1, -0.05) is 0 Å². The van der Waals surface area contributed by atoms with Crippen LogP contribution >= 0.6 is 0 Å². The van der Waals surface area contributed by atoms with Gasteiger partial charge in [-0.3, -0.25) is 14.6 Å². The first-order valence-electron chi connectivity index (χ1n) is 6.13. The van der Waals surface area contributed by atoms with E-state index in [-0.39, 0.29) is 5.91 Å². The number of carbonyl (C=O) groups excluding carboxylic acids is 1. The van der Waals surface area contributed by atoms with E-state index in [1.54, 1.807) is 32.3 Å². The van der Waals surface area contributed by atoms with Gasteiger partial charge in [0, 0.05) is 32.0 Å². The lowest BCUT2D eigenvalue weighted by atomic mass is 9.90. The van der Waals surface area contributed by atoms with E-state index in [9.17, 15) is 14.7 Å². The average molecular weight is 263 g/mol. The van der Waals surface area contributed by atoms with Crippen molar-refractivity contribution in [3.05, 3.63) is 24.0 Å². The third kappa shape index (κ3) is 2.52. The van der Waals surface area contributed by atoms with Crippen LogP contribution in [-0.4, -0.2) is 42.1 Å². The van der Waals surface area contributed by atoms with Crippen LogP contribution in [-0.2, 0) is 4.79 Å². The zero-order chi connectivity index (χ0) is 14.0. The number of nitrogens with one attached hydrogen (secondary N) is 1. The van der Waals surface area contributed by atoms with E-state index in [0.717, 1.165) is 5.69 Å². The molecule has 1 saturated heterocycles. The topological polar surface area (TPSA) is 82.5 Å². The normalized spacial score (nSPS) is 22.3. The van der Waals surface area contributed by atoms with Crippen molar-refractivity contribution in [2.45, 2.75) is 13.3 Å². The molecule has 1 unspecified atom stereocenters. The van der Waals surface area contributed by atoms with E-state index in [1.807, 2.05) is 4.90 Å². The third-order valence-electron chi connectivity index (χ3n) is 3.56. The second-order valence-corrected chi connectivity index (χ2v) is 5.02. The standard InChI is InChI=1S/C13H17N3O3/c1-13(12(18)19)4-6-16(8-13)9-3-5-15-10(7-9)11(17)14-2/h3,5,7H,4,6,8H2,1-2H3,(H,14,17)(H,18,19). The first kappa shape index (κ1) is 13.3. The number of rotatable bonds is 3. The summed E-state index contributed by atoms with van der Waals surface area (Å²) in [5.74, 6) is -1.03. The second-order valence-electron chi connectivity index (χ2n) is 5.02. The molecule has 102 valence electrons. The summed E-state index contributed by atoms with van der Waals surface area (Å²) in [5.41, 5.74) is 0.443. The van der Waals surface area contributed by atoms with Crippen LogP contribution in [0, 0.1) is 5.41 Å². The molecule has 1 aliphatic rings. The van der Waals surface area contributed by atoms with Crippen molar-refractivity contribution in [2.75, 3.05) is 25.0 Å². The largest absolute Gasteiger partial charge is 0.481 e. The van der Waals surface area contributed by atoms with Gasteiger partial charge in [0.15, 0.2) is 0 Å². The van der Waals surface area contributed by atoms with Gasteiger partial charge in [0.2, 0.25) is 0 Å². The van der Waals surface area contributed by atoms with E-state index in [4.69, 9.17) is 0 Å². The number of anilines is 1. The minimum absolute atomic E-state index is 0.248. The molecule has 2 heterocycles. The Balaban J connectivity index is 2.20. The van der Waals surface area contributed by atoms with Gasteiger partial charge in [-0.05, 0) is 25.5 Å². The summed E-state index contributed by atoms with van der Waals surface area (Å²) in [7, 11) is 1.55. The van der Waals surface area contributed by atoms with Crippen LogP contribution in [0.1, 0.15) is 23.8 Å². The van der Waals surface area contributed by atoms with Crippen LogP contribution in [0.25, 0.3) is 0 Å². The molecule has 2 N–H and O–H groups in total. The molecule has 1 aliphatic heterocycles. The molecule has 6 nitrogen and oxygen atoms in total. The van der Waals surface area contributed by atoms with Crippen LogP contribution < -0.4 is 10.2 Å². The number of hydrogen-bond donors (Lipinski definition) is 2. The van der Waals surface area contributed by atoms with Gasteiger partial charge in [0.1, 0.15) is 5.69 Å². The molecule has 0 spiro atoms. The molecule has 0 aliphatic carbocycles. The fourth-order valence-electron chi connectivity index (χ4n) is 2.22. The lowest BCUT2D eigenvalue weighted by molar-refractivity contribution is -0.146. The monoisotopic (exact) mass is 263 g/mol. The average Bonchev–Trinajstić information content (AvgIpc) is 2.82. The Morgan fingerprint density at radius 2 is 2.26 bits per heavy atom. The Morgan fingerprint density at radius 3 is 2.84 bits per heavy atom. The van der Waals surface area contributed by atoms with E-state index < -0.39 is 11.4 Å². The highest BCUT2D eigenvalue weighted by Gasteiger charge is 2.40. The lowest BCUT2D eigenvalue weighted by Crippen LogP contribution is -2.31. The molecule has 19 heavy (non-hydrogen) atoms. The fourth-order valence-corrected chi connectivity index (χ4v) is 2.22. The summed E-state index contributed by atoms with van der Waals surface area (Å²) in [4.78, 5) is 28.7. The minimum atomic E-state index is -0.782. The van der Waals surface area contributed by atoms with Crippen molar-refractivity contribution in [1.82, 2.24) is 10.3 Å². The first-order valence-corrected chi connectivity index (χ1v) is 6.13. The Kier molecular flexibility index (Phi) is 3.42. The molecule has 6 heteroatoms. The van der Waals surface area contributed by atoms with Gasteiger partial charge in [-0.15, -0.1) is 0 Å². The predicted molar refractivity (Wildman–Crippen MR) is 70.2 cm³/mol. The molecule has 1 atom stereocenters. The highest BCUT2D eigenvalue weighted by Crippen LogP contribution is 2.33. The summed E-state index contributed by atoms with van der Waals surface area (Å²) in [6, 6.07) is 3.48. The third-order valence-corrected chi connectivity index (χ3v) is 3.56. The number of nitrogens with zero attached hydrogens (tertiary/aromatic N) is 2. The zero-order valence-corrected chi connectivity index (χ0v) is 11.0. The van der Waals surface area contributed by atoms with E-state index in [0.29, 0.717) is 25.2 Å². The fraction of sp³-hybridized carbons (Fsp3) is 0.462. The summed E-state index contributed by atoms with van der Waals surface area (Å²) in [5, 5.41) is 11.7. The maximum Gasteiger partial charge on any atom is 0.311 e. The van der Waals surface area contributed by atoms with Gasteiger partial charge < -0.3 is 15.3 Å². The number of aliphatic carboxylic acids is 1. The van der Waals surface area contributed by atoms with Crippen molar-refractivity contribution in [3.63, 3.8) is 0 Å². The first-order chi connectivity index (χ1) is 8.96. The molecule has 1 aromatic rings. The number of carbonyl (C=O) groups is 2. The Labute approximate surface area is 111 Å². The number of carboxylic acid groups (broad SMARTS) is 1. The molecule has 0 saturated carbocycles. The Hall–Kier alpha value is -2.11. The molecule has 0 bridgehead atoms. The van der Waals surface area contributed by atoms with Crippen LogP contribution in [0.2, 0.25) is 0 Å². The molecular weight excluding hydrogens is 246 g/mol. The zero-order valence-electron chi connectivity index (χ0n) is 11.0. The van der Waals surface area contributed by atoms with Gasteiger partial charge in [-0.2, -0.15) is 0 Å². The van der Waals surface area contributed by atoms with Crippen molar-refractivity contribution >= 4 is 17.6 Å². The second kappa shape index (κ2) is 4.87. The van der Waals surface area contributed by atoms with Crippen LogP contribution in [0.15, 0.2) is 18.3 Å². The quantitative estimate of drug-likeness (QED) is 0.840. The molecule has 1 amide bonds. The Bertz CT molecular complexity index is 518. The highest BCUT2D eigenvalue weighted by atomic mass is 16.4. The number of hydrogen-bond acceptors (Lipinski definition) is 4. The summed E-state index contributed by atoms with van der Waals surface area (Å²) in [6.45, 7) is 2.86. The molecule has 1 fully saturated rings. The van der Waals surface area contributed by atoms with Gasteiger partial charge >= 0.3 is 5.97 Å². The van der Waals surface area contributed by atoms with Gasteiger partial charge in [0.05, 0.1) is 5.41 Å². The van der Waals surface area contributed by atoms with Gasteiger partial charge in [-0.25, -0.2) is 0 Å². The minimum Gasteiger partial charge on any atom is -0.481 e. The van der Waals surface area contributed by atoms with Crippen molar-refractivity contribution in [1.29, 1.82) is 0 Å². The van der Waals surface area contributed by atoms with Crippen LogP contribution in [0.4, 0.5) is 5.69 Å². The SMILES string of the molecule is CNC(=O)c1cc(N2CCC(C)(C(=O)O)C2)ccn1. The Morgan fingerprint density at radius 1 is 1.53 bits per heavy atom. The van der Waals surface area contributed by atoms with Crippen molar-refractivity contribution < 1.29 is 14.7 Å². The summed E-state index contributed by atoms with van der Waals surface area (Å²) >= 11 is 0. The van der Waals surface area contributed by atoms with Crippen molar-refractivity contribution in [2.24, 2.45) is 5.41 Å². The molecule has 1 aromatic heterocycles. The van der Waals surface area contributed by atoms with Crippen molar-refractivity contribution in [3.8, 4) is 0 Å². The van der Waals surface area contributed by atoms with Gasteiger partial charge in [0.25, 0.3) is 5.91 Å². The van der Waals surface area contributed by atoms with Crippen LogP contribution in [0.5, 0.6) is 0 Å². The lowest BCUT2D eigenvalue weighted by Gasteiger charge is -2.21. The number of pyridine rings is 1. The van der Waals surface area contributed by atoms with E-state index >= 15 is 0 Å². The molecule has 0 aromatic carbocycles. The highest BCUT2D eigenvalue weighted by molar-refractivity contribution is 5.92. The number of carboxylic acids is 1. The van der Waals surface area contributed by atoms with E-state index in [2.05, 4.69) is 10.3 Å². The molecule has 2 rings (SSSR count). The predicted octanol–water partition coefficient (Wildman–Crippen LogP) is 0.742. The summed E-state index contributed by atoms with van der Waals surface area (Å²) < 4.78 is 0.